The van der Waals surface area contributed by atoms with E-state index in [0.717, 1.165) is 44.2 Å². The number of rotatable bonds is 8. The van der Waals surface area contributed by atoms with Crippen molar-refractivity contribution in [2.75, 3.05) is 56.2 Å². The van der Waals surface area contributed by atoms with Gasteiger partial charge in [0.25, 0.3) is 5.91 Å². The van der Waals surface area contributed by atoms with E-state index in [1.165, 1.54) is 22.7 Å². The fourth-order valence-electron chi connectivity index (χ4n) is 4.08. The van der Waals surface area contributed by atoms with Gasteiger partial charge in [-0.1, -0.05) is 23.2 Å². The molecule has 0 aromatic heterocycles. The molecule has 184 valence electrons. The molecule has 0 atom stereocenters. The molecule has 35 heavy (non-hydrogen) atoms. The van der Waals surface area contributed by atoms with E-state index in [9.17, 15) is 9.18 Å². The lowest BCUT2D eigenvalue weighted by molar-refractivity contribution is 0.0992. The van der Waals surface area contributed by atoms with Crippen LogP contribution in [0.3, 0.4) is 0 Å². The molecule has 1 aliphatic heterocycles. The van der Waals surface area contributed by atoms with Crippen molar-refractivity contribution in [3.05, 3.63) is 88.2 Å². The summed E-state index contributed by atoms with van der Waals surface area (Å²) in [5.41, 5.74) is 2.12. The molecule has 5 nitrogen and oxygen atoms in total. The first-order chi connectivity index (χ1) is 16.9. The Morgan fingerprint density at radius 2 is 1.57 bits per heavy atom. The number of hydrogen-bond acceptors (Lipinski definition) is 4. The first-order valence-electron chi connectivity index (χ1n) is 11.6. The van der Waals surface area contributed by atoms with Crippen LogP contribution in [0.1, 0.15) is 16.8 Å². The minimum absolute atomic E-state index is 0.156. The van der Waals surface area contributed by atoms with Crippen LogP contribution < -0.4 is 14.5 Å². The second-order valence-electron chi connectivity index (χ2n) is 8.49. The number of carbonyl (C=O) groups is 1. The second-order valence-corrected chi connectivity index (χ2v) is 9.37. The van der Waals surface area contributed by atoms with E-state index in [2.05, 4.69) is 21.9 Å². The number of ether oxygens (including phenoxy) is 1. The molecular weight excluding hydrogens is 488 g/mol. The van der Waals surface area contributed by atoms with E-state index in [1.807, 2.05) is 12.1 Å². The van der Waals surface area contributed by atoms with E-state index in [1.54, 1.807) is 37.4 Å². The number of carbonyl (C=O) groups excluding carboxylic acids is 1. The Balaban J connectivity index is 1.21. The molecule has 0 unspecified atom stereocenters. The highest BCUT2D eigenvalue weighted by Gasteiger charge is 2.18. The van der Waals surface area contributed by atoms with Crippen molar-refractivity contribution in [1.82, 2.24) is 4.90 Å². The second kappa shape index (κ2) is 11.8. The zero-order valence-corrected chi connectivity index (χ0v) is 21.1. The minimum atomic E-state index is -0.545. The van der Waals surface area contributed by atoms with Gasteiger partial charge in [0.05, 0.1) is 6.61 Å². The highest BCUT2D eigenvalue weighted by Crippen LogP contribution is 2.23. The highest BCUT2D eigenvalue weighted by molar-refractivity contribution is 6.31. The van der Waals surface area contributed by atoms with Gasteiger partial charge in [-0.05, 0) is 73.2 Å². The standard InChI is InChI=1S/C27H28Cl2FN3O2/c1-31(23-8-4-21(28)5-9-23)27(34)20-3-12-26(25(30)19-20)35-18-2-13-32-14-16-33(17-15-32)24-10-6-22(29)7-11-24/h3-12,19H,2,13-18H2,1H3. The van der Waals surface area contributed by atoms with Gasteiger partial charge in [0.15, 0.2) is 11.6 Å². The molecule has 1 saturated heterocycles. The number of anilines is 2. The van der Waals surface area contributed by atoms with E-state index in [-0.39, 0.29) is 17.2 Å². The quantitative estimate of drug-likeness (QED) is 0.344. The van der Waals surface area contributed by atoms with Gasteiger partial charge >= 0.3 is 0 Å². The summed E-state index contributed by atoms with van der Waals surface area (Å²) in [7, 11) is 1.64. The molecular formula is C27H28Cl2FN3O2. The lowest BCUT2D eigenvalue weighted by Gasteiger charge is -2.36. The summed E-state index contributed by atoms with van der Waals surface area (Å²) in [6.45, 7) is 5.14. The molecule has 1 heterocycles. The van der Waals surface area contributed by atoms with Crippen LogP contribution in [-0.2, 0) is 0 Å². The largest absolute Gasteiger partial charge is 0.490 e. The molecule has 3 aromatic rings. The Kier molecular flexibility index (Phi) is 8.50. The maximum absolute atomic E-state index is 14.6. The fraction of sp³-hybridized carbons (Fsp3) is 0.296. The van der Waals surface area contributed by atoms with Crippen LogP contribution in [-0.4, -0.2) is 57.2 Å². The normalized spacial score (nSPS) is 14.1. The summed E-state index contributed by atoms with van der Waals surface area (Å²) in [6, 6.07) is 19.2. The van der Waals surface area contributed by atoms with Crippen molar-refractivity contribution in [2.45, 2.75) is 6.42 Å². The molecule has 0 bridgehead atoms. The van der Waals surface area contributed by atoms with Crippen molar-refractivity contribution < 1.29 is 13.9 Å². The molecule has 0 saturated carbocycles. The predicted molar refractivity (Wildman–Crippen MR) is 141 cm³/mol. The van der Waals surface area contributed by atoms with Crippen molar-refractivity contribution in [2.24, 2.45) is 0 Å². The molecule has 1 fully saturated rings. The van der Waals surface area contributed by atoms with E-state index in [4.69, 9.17) is 27.9 Å². The third kappa shape index (κ3) is 6.66. The first kappa shape index (κ1) is 25.3. The van der Waals surface area contributed by atoms with Gasteiger partial charge in [-0.2, -0.15) is 0 Å². The van der Waals surface area contributed by atoms with Crippen molar-refractivity contribution in [3.8, 4) is 5.75 Å². The van der Waals surface area contributed by atoms with E-state index in [0.29, 0.717) is 17.3 Å². The van der Waals surface area contributed by atoms with E-state index >= 15 is 0 Å². The van der Waals surface area contributed by atoms with Crippen molar-refractivity contribution in [1.29, 1.82) is 0 Å². The Labute approximate surface area is 215 Å². The third-order valence-electron chi connectivity index (χ3n) is 6.14. The summed E-state index contributed by atoms with van der Waals surface area (Å²) in [5.74, 6) is -0.698. The SMILES string of the molecule is CN(C(=O)c1ccc(OCCCN2CCN(c3ccc(Cl)cc3)CC2)c(F)c1)c1ccc(Cl)cc1. The smallest absolute Gasteiger partial charge is 0.258 e. The molecule has 0 aliphatic carbocycles. The van der Waals surface area contributed by atoms with Crippen LogP contribution in [0.4, 0.5) is 15.8 Å². The van der Waals surface area contributed by atoms with Crippen molar-refractivity contribution in [3.63, 3.8) is 0 Å². The lowest BCUT2D eigenvalue weighted by Crippen LogP contribution is -2.46. The number of halogens is 3. The molecule has 3 aromatic carbocycles. The average Bonchev–Trinajstić information content (AvgIpc) is 2.88. The first-order valence-corrected chi connectivity index (χ1v) is 12.3. The summed E-state index contributed by atoms with van der Waals surface area (Å²) in [4.78, 5) is 18.9. The Hall–Kier alpha value is -2.80. The number of hydrogen-bond donors (Lipinski definition) is 0. The summed E-state index contributed by atoms with van der Waals surface area (Å²) in [6.07, 6.45) is 0.792. The van der Waals surface area contributed by atoms with E-state index < -0.39 is 5.82 Å². The van der Waals surface area contributed by atoms with Gasteiger partial charge < -0.3 is 14.5 Å². The Morgan fingerprint density at radius 3 is 2.20 bits per heavy atom. The van der Waals surface area contributed by atoms with Crippen LogP contribution in [0, 0.1) is 5.82 Å². The predicted octanol–water partition coefficient (Wildman–Crippen LogP) is 6.00. The fourth-order valence-corrected chi connectivity index (χ4v) is 4.33. The van der Waals surface area contributed by atoms with Crippen LogP contribution >= 0.6 is 23.2 Å². The molecule has 1 aliphatic rings. The molecule has 0 spiro atoms. The molecule has 8 heteroatoms. The Morgan fingerprint density at radius 1 is 0.943 bits per heavy atom. The number of benzene rings is 3. The van der Waals surface area contributed by atoms with Gasteiger partial charge in [-0.15, -0.1) is 0 Å². The van der Waals surface area contributed by atoms with Gasteiger partial charge in [0.2, 0.25) is 0 Å². The van der Waals surface area contributed by atoms with Gasteiger partial charge in [0.1, 0.15) is 0 Å². The lowest BCUT2D eigenvalue weighted by atomic mass is 10.1. The maximum atomic E-state index is 14.6. The molecule has 1 amide bonds. The maximum Gasteiger partial charge on any atom is 0.258 e. The van der Waals surface area contributed by atoms with Crippen LogP contribution in [0.5, 0.6) is 5.75 Å². The molecule has 0 radical (unpaired) electrons. The summed E-state index contributed by atoms with van der Waals surface area (Å²) < 4.78 is 20.3. The summed E-state index contributed by atoms with van der Waals surface area (Å²) in [5, 5.41) is 1.33. The zero-order valence-electron chi connectivity index (χ0n) is 19.6. The number of nitrogens with zero attached hydrogens (tertiary/aromatic N) is 3. The Bertz CT molecular complexity index is 1130. The summed E-state index contributed by atoms with van der Waals surface area (Å²) >= 11 is 11.9. The average molecular weight is 516 g/mol. The van der Waals surface area contributed by atoms with Crippen LogP contribution in [0.25, 0.3) is 0 Å². The number of amides is 1. The van der Waals surface area contributed by atoms with Crippen LogP contribution in [0.15, 0.2) is 66.7 Å². The highest BCUT2D eigenvalue weighted by atomic mass is 35.5. The van der Waals surface area contributed by atoms with Gasteiger partial charge in [-0.3, -0.25) is 9.69 Å². The minimum Gasteiger partial charge on any atom is -0.490 e. The molecule has 4 rings (SSSR count). The number of piperazine rings is 1. The van der Waals surface area contributed by atoms with Gasteiger partial charge in [0, 0.05) is 66.8 Å². The monoisotopic (exact) mass is 515 g/mol. The van der Waals surface area contributed by atoms with Gasteiger partial charge in [-0.25, -0.2) is 4.39 Å². The topological polar surface area (TPSA) is 36.0 Å². The van der Waals surface area contributed by atoms with Crippen molar-refractivity contribution >= 4 is 40.5 Å². The third-order valence-corrected chi connectivity index (χ3v) is 6.64. The molecule has 0 N–H and O–H groups in total. The van der Waals surface area contributed by atoms with Crippen LogP contribution in [0.2, 0.25) is 10.0 Å². The zero-order chi connectivity index (χ0) is 24.8.